The van der Waals surface area contributed by atoms with Gasteiger partial charge >= 0.3 is 5.97 Å². The average Bonchev–Trinajstić information content (AvgIpc) is 2.15. The average molecular weight is 181 g/mol. The van der Waals surface area contributed by atoms with Gasteiger partial charge in [0, 0.05) is 12.3 Å². The highest BCUT2D eigenvalue weighted by atomic mass is 16.5. The highest BCUT2D eigenvalue weighted by Crippen LogP contribution is 2.18. The fourth-order valence-corrected chi connectivity index (χ4v) is 1.02. The van der Waals surface area contributed by atoms with Gasteiger partial charge in [0.15, 0.2) is 0 Å². The second-order valence-electron chi connectivity index (χ2n) is 2.69. The van der Waals surface area contributed by atoms with E-state index in [0.29, 0.717) is 5.56 Å². The van der Waals surface area contributed by atoms with Crippen molar-refractivity contribution in [3.8, 4) is 5.88 Å². The topological polar surface area (TPSA) is 59.4 Å². The van der Waals surface area contributed by atoms with Gasteiger partial charge in [-0.3, -0.25) is 4.79 Å². The Bertz CT molecular complexity index is 311. The van der Waals surface area contributed by atoms with Crippen LogP contribution in [0.1, 0.15) is 18.4 Å². The van der Waals surface area contributed by atoms with Crippen molar-refractivity contribution in [2.75, 3.05) is 7.11 Å². The summed E-state index contributed by atoms with van der Waals surface area (Å²) in [6.07, 6.45) is 1.45. The fourth-order valence-electron chi connectivity index (χ4n) is 1.02. The lowest BCUT2D eigenvalue weighted by atomic mass is 10.0. The maximum atomic E-state index is 11.1. The number of hydrogen-bond acceptors (Lipinski definition) is 4. The van der Waals surface area contributed by atoms with Crippen LogP contribution in [0.25, 0.3) is 0 Å². The molecule has 1 N–H and O–H groups in total. The molecule has 4 heteroatoms. The van der Waals surface area contributed by atoms with Gasteiger partial charge in [-0.1, -0.05) is 0 Å². The standard InChI is InChI=1S/C9H11NO3/c1-6(9(12)13-2)7-3-4-10-8(11)5-7/h3-6H,1-2H3,(H,10,11). The van der Waals surface area contributed by atoms with Gasteiger partial charge in [-0.2, -0.15) is 0 Å². The van der Waals surface area contributed by atoms with E-state index in [4.69, 9.17) is 5.11 Å². The zero-order chi connectivity index (χ0) is 9.84. The van der Waals surface area contributed by atoms with Crippen LogP contribution in [0.5, 0.6) is 5.88 Å². The van der Waals surface area contributed by atoms with E-state index in [0.717, 1.165) is 0 Å². The zero-order valence-corrected chi connectivity index (χ0v) is 7.52. The summed E-state index contributed by atoms with van der Waals surface area (Å²) in [4.78, 5) is 14.7. The number of carbonyl (C=O) groups is 1. The Labute approximate surface area is 76.2 Å². The molecule has 0 radical (unpaired) electrons. The van der Waals surface area contributed by atoms with Crippen LogP contribution in [0.15, 0.2) is 18.3 Å². The second kappa shape index (κ2) is 3.89. The molecular formula is C9H11NO3. The molecule has 0 aliphatic heterocycles. The molecule has 0 bridgehead atoms. The van der Waals surface area contributed by atoms with E-state index < -0.39 is 0 Å². The number of esters is 1. The van der Waals surface area contributed by atoms with Crippen molar-refractivity contribution in [3.05, 3.63) is 23.9 Å². The van der Waals surface area contributed by atoms with E-state index in [9.17, 15) is 4.79 Å². The lowest BCUT2D eigenvalue weighted by Crippen LogP contribution is -2.10. The van der Waals surface area contributed by atoms with Crippen LogP contribution < -0.4 is 0 Å². The minimum absolute atomic E-state index is 0.0896. The first kappa shape index (κ1) is 9.51. The molecule has 0 spiro atoms. The number of aromatic hydroxyl groups is 1. The van der Waals surface area contributed by atoms with Crippen LogP contribution >= 0.6 is 0 Å². The molecule has 1 unspecified atom stereocenters. The summed E-state index contributed by atoms with van der Waals surface area (Å²) in [6.45, 7) is 1.71. The molecule has 1 atom stereocenters. The highest BCUT2D eigenvalue weighted by Gasteiger charge is 2.15. The Balaban J connectivity index is 2.88. The molecule has 70 valence electrons. The molecule has 1 aromatic rings. The Kier molecular flexibility index (Phi) is 2.84. The van der Waals surface area contributed by atoms with Crippen molar-refractivity contribution in [1.82, 2.24) is 4.98 Å². The van der Waals surface area contributed by atoms with Crippen LogP contribution in [0.2, 0.25) is 0 Å². The fraction of sp³-hybridized carbons (Fsp3) is 0.333. The van der Waals surface area contributed by atoms with Gasteiger partial charge in [0.1, 0.15) is 0 Å². The largest absolute Gasteiger partial charge is 0.493 e. The Hall–Kier alpha value is -1.58. The number of ether oxygens (including phenoxy) is 1. The van der Waals surface area contributed by atoms with Crippen molar-refractivity contribution >= 4 is 5.97 Å². The third kappa shape index (κ3) is 2.18. The smallest absolute Gasteiger partial charge is 0.312 e. The molecule has 0 aromatic carbocycles. The van der Waals surface area contributed by atoms with Crippen LogP contribution in [0.3, 0.4) is 0 Å². The Morgan fingerprint density at radius 3 is 2.92 bits per heavy atom. The minimum Gasteiger partial charge on any atom is -0.493 e. The van der Waals surface area contributed by atoms with Crippen molar-refractivity contribution in [1.29, 1.82) is 0 Å². The van der Waals surface area contributed by atoms with Gasteiger partial charge in [-0.25, -0.2) is 4.98 Å². The molecular weight excluding hydrogens is 170 g/mol. The van der Waals surface area contributed by atoms with E-state index in [2.05, 4.69) is 9.72 Å². The molecule has 0 saturated carbocycles. The molecule has 0 fully saturated rings. The monoisotopic (exact) mass is 181 g/mol. The van der Waals surface area contributed by atoms with Crippen LogP contribution in [0, 0.1) is 0 Å². The van der Waals surface area contributed by atoms with Crippen LogP contribution in [-0.4, -0.2) is 23.2 Å². The maximum Gasteiger partial charge on any atom is 0.312 e. The summed E-state index contributed by atoms with van der Waals surface area (Å²) in [5, 5.41) is 9.05. The summed E-state index contributed by atoms with van der Waals surface area (Å²) >= 11 is 0. The van der Waals surface area contributed by atoms with Gasteiger partial charge in [-0.15, -0.1) is 0 Å². The van der Waals surface area contributed by atoms with Crippen LogP contribution in [-0.2, 0) is 9.53 Å². The van der Waals surface area contributed by atoms with Gasteiger partial charge in [0.2, 0.25) is 5.88 Å². The molecule has 1 heterocycles. The minimum atomic E-state index is -0.376. The van der Waals surface area contributed by atoms with Gasteiger partial charge in [0.25, 0.3) is 0 Å². The lowest BCUT2D eigenvalue weighted by molar-refractivity contribution is -0.141. The molecule has 0 saturated heterocycles. The molecule has 0 aliphatic rings. The first-order valence-electron chi connectivity index (χ1n) is 3.88. The summed E-state index contributed by atoms with van der Waals surface area (Å²) in [5.41, 5.74) is 0.694. The number of methoxy groups -OCH3 is 1. The van der Waals surface area contributed by atoms with Crippen LogP contribution in [0.4, 0.5) is 0 Å². The van der Waals surface area contributed by atoms with E-state index in [1.807, 2.05) is 0 Å². The SMILES string of the molecule is COC(=O)C(C)c1ccnc(O)c1. The van der Waals surface area contributed by atoms with E-state index >= 15 is 0 Å². The molecule has 4 nitrogen and oxygen atoms in total. The van der Waals surface area contributed by atoms with Gasteiger partial charge in [-0.05, 0) is 18.6 Å². The third-order valence-corrected chi connectivity index (χ3v) is 1.82. The quantitative estimate of drug-likeness (QED) is 0.693. The maximum absolute atomic E-state index is 11.1. The normalized spacial score (nSPS) is 12.2. The highest BCUT2D eigenvalue weighted by molar-refractivity contribution is 5.77. The number of carbonyl (C=O) groups excluding carboxylic acids is 1. The predicted molar refractivity (Wildman–Crippen MR) is 46.3 cm³/mol. The summed E-state index contributed by atoms with van der Waals surface area (Å²) in [5.74, 6) is -0.794. The number of hydrogen-bond donors (Lipinski definition) is 1. The molecule has 0 amide bonds. The molecule has 1 rings (SSSR count). The molecule has 13 heavy (non-hydrogen) atoms. The number of pyridine rings is 1. The second-order valence-corrected chi connectivity index (χ2v) is 2.69. The summed E-state index contributed by atoms with van der Waals surface area (Å²) < 4.78 is 4.57. The first-order valence-corrected chi connectivity index (χ1v) is 3.88. The number of rotatable bonds is 2. The lowest BCUT2D eigenvalue weighted by Gasteiger charge is -2.08. The van der Waals surface area contributed by atoms with Gasteiger partial charge in [0.05, 0.1) is 13.0 Å². The van der Waals surface area contributed by atoms with Crippen molar-refractivity contribution < 1.29 is 14.6 Å². The van der Waals surface area contributed by atoms with E-state index in [1.165, 1.54) is 19.4 Å². The summed E-state index contributed by atoms with van der Waals surface area (Å²) in [7, 11) is 1.33. The Morgan fingerprint density at radius 1 is 1.69 bits per heavy atom. The van der Waals surface area contributed by atoms with Crippen molar-refractivity contribution in [2.45, 2.75) is 12.8 Å². The van der Waals surface area contributed by atoms with Crippen molar-refractivity contribution in [3.63, 3.8) is 0 Å². The number of nitrogens with zero attached hydrogens (tertiary/aromatic N) is 1. The number of aromatic nitrogens is 1. The predicted octanol–water partition coefficient (Wildman–Crippen LogP) is 1.06. The molecule has 1 aromatic heterocycles. The zero-order valence-electron chi connectivity index (χ0n) is 7.52. The van der Waals surface area contributed by atoms with E-state index in [1.54, 1.807) is 13.0 Å². The Morgan fingerprint density at radius 2 is 2.38 bits per heavy atom. The summed E-state index contributed by atoms with van der Waals surface area (Å²) in [6, 6.07) is 3.11. The van der Waals surface area contributed by atoms with Crippen molar-refractivity contribution in [2.24, 2.45) is 0 Å². The van der Waals surface area contributed by atoms with E-state index in [-0.39, 0.29) is 17.8 Å². The third-order valence-electron chi connectivity index (χ3n) is 1.82. The molecule has 0 aliphatic carbocycles. The van der Waals surface area contributed by atoms with Gasteiger partial charge < -0.3 is 9.84 Å². The first-order chi connectivity index (χ1) is 6.15.